The van der Waals surface area contributed by atoms with Crippen LogP contribution in [0.2, 0.25) is 0 Å². The Balaban J connectivity index is 2.71. The van der Waals surface area contributed by atoms with Gasteiger partial charge in [-0.1, -0.05) is 36.4 Å². The van der Waals surface area contributed by atoms with Gasteiger partial charge in [0.15, 0.2) is 0 Å². The summed E-state index contributed by atoms with van der Waals surface area (Å²) in [7, 11) is 0. The van der Waals surface area contributed by atoms with Gasteiger partial charge in [-0.25, -0.2) is 0 Å². The monoisotopic (exact) mass is 270 g/mol. The van der Waals surface area contributed by atoms with E-state index < -0.39 is 10.9 Å². The molecule has 20 heavy (non-hydrogen) atoms. The standard InChI is InChI=1S/C14H9NO5/c16-8-9-4-6-10(7-5-9)13-11(14(17)18)2-1-3-12(13)15(19)20/h1-8H,(H,17,18)/p-1. The number of carboxylic acids is 1. The highest BCUT2D eigenvalue weighted by Gasteiger charge is 2.19. The highest BCUT2D eigenvalue weighted by molar-refractivity contribution is 5.98. The van der Waals surface area contributed by atoms with E-state index in [-0.39, 0.29) is 16.8 Å². The molecule has 0 saturated carbocycles. The summed E-state index contributed by atoms with van der Waals surface area (Å²) in [6.45, 7) is 0. The molecule has 0 unspecified atom stereocenters. The summed E-state index contributed by atoms with van der Waals surface area (Å²) in [6.07, 6.45) is 0.628. The van der Waals surface area contributed by atoms with E-state index in [9.17, 15) is 24.8 Å². The van der Waals surface area contributed by atoms with E-state index in [1.165, 1.54) is 42.5 Å². The van der Waals surface area contributed by atoms with Crippen molar-refractivity contribution < 1.29 is 19.6 Å². The van der Waals surface area contributed by atoms with Crippen molar-refractivity contribution in [1.82, 2.24) is 0 Å². The minimum atomic E-state index is -1.50. The van der Waals surface area contributed by atoms with Crippen molar-refractivity contribution in [2.75, 3.05) is 0 Å². The largest absolute Gasteiger partial charge is 0.545 e. The molecule has 2 aromatic carbocycles. The number of hydrogen-bond acceptors (Lipinski definition) is 5. The lowest BCUT2D eigenvalue weighted by Crippen LogP contribution is -2.23. The van der Waals surface area contributed by atoms with Gasteiger partial charge in [0.05, 0.1) is 16.5 Å². The summed E-state index contributed by atoms with van der Waals surface area (Å²) in [4.78, 5) is 32.1. The number of aldehydes is 1. The summed E-state index contributed by atoms with van der Waals surface area (Å²) in [5, 5.41) is 22.1. The number of nitro groups is 1. The van der Waals surface area contributed by atoms with E-state index in [1.807, 2.05) is 0 Å². The van der Waals surface area contributed by atoms with E-state index in [1.54, 1.807) is 0 Å². The molecule has 6 nitrogen and oxygen atoms in total. The van der Waals surface area contributed by atoms with Crippen LogP contribution in [0.1, 0.15) is 20.7 Å². The topological polar surface area (TPSA) is 100 Å². The van der Waals surface area contributed by atoms with E-state index in [4.69, 9.17) is 0 Å². The van der Waals surface area contributed by atoms with Gasteiger partial charge in [0.1, 0.15) is 6.29 Å². The Kier molecular flexibility index (Phi) is 3.56. The van der Waals surface area contributed by atoms with Crippen molar-refractivity contribution in [3.05, 3.63) is 63.7 Å². The van der Waals surface area contributed by atoms with Crippen LogP contribution >= 0.6 is 0 Å². The number of hydrogen-bond donors (Lipinski definition) is 0. The molecule has 0 amide bonds. The second-order valence-corrected chi connectivity index (χ2v) is 3.98. The van der Waals surface area contributed by atoms with Gasteiger partial charge in [-0.05, 0) is 5.56 Å². The van der Waals surface area contributed by atoms with Crippen LogP contribution in [-0.2, 0) is 0 Å². The molecule has 0 heterocycles. The molecule has 0 aliphatic carbocycles. The average molecular weight is 270 g/mol. The molecule has 0 aromatic heterocycles. The van der Waals surface area contributed by atoms with Crippen LogP contribution in [0.25, 0.3) is 11.1 Å². The lowest BCUT2D eigenvalue weighted by atomic mass is 9.97. The van der Waals surface area contributed by atoms with Crippen molar-refractivity contribution in [1.29, 1.82) is 0 Å². The summed E-state index contributed by atoms with van der Waals surface area (Å²) in [5.74, 6) is -1.50. The normalized spacial score (nSPS) is 10.0. The molecule has 0 aliphatic heterocycles. The zero-order chi connectivity index (χ0) is 14.7. The fourth-order valence-electron chi connectivity index (χ4n) is 1.89. The Hall–Kier alpha value is -3.02. The van der Waals surface area contributed by atoms with Gasteiger partial charge in [0, 0.05) is 17.2 Å². The number of nitrogens with zero attached hydrogens (tertiary/aromatic N) is 1. The zero-order valence-electron chi connectivity index (χ0n) is 10.1. The van der Waals surface area contributed by atoms with Crippen LogP contribution < -0.4 is 5.11 Å². The molecule has 0 radical (unpaired) electrons. The third-order valence-corrected chi connectivity index (χ3v) is 2.79. The van der Waals surface area contributed by atoms with Crippen LogP contribution in [0.15, 0.2) is 42.5 Å². The molecule has 6 heteroatoms. The summed E-state index contributed by atoms with van der Waals surface area (Å²) < 4.78 is 0. The molecule has 0 atom stereocenters. The van der Waals surface area contributed by atoms with Crippen molar-refractivity contribution in [2.24, 2.45) is 0 Å². The van der Waals surface area contributed by atoms with Gasteiger partial charge in [0.25, 0.3) is 5.69 Å². The van der Waals surface area contributed by atoms with Gasteiger partial charge in [0.2, 0.25) is 0 Å². The number of carbonyl (C=O) groups is 2. The first-order valence-electron chi connectivity index (χ1n) is 5.59. The van der Waals surface area contributed by atoms with Crippen LogP contribution in [0.4, 0.5) is 5.69 Å². The smallest absolute Gasteiger partial charge is 0.277 e. The first kappa shape index (κ1) is 13.4. The molecular formula is C14H8NO5-. The third kappa shape index (κ3) is 2.39. The Bertz CT molecular complexity index is 659. The van der Waals surface area contributed by atoms with E-state index in [0.29, 0.717) is 17.4 Å². The number of rotatable bonds is 4. The first-order valence-corrected chi connectivity index (χ1v) is 5.59. The lowest BCUT2D eigenvalue weighted by Gasteiger charge is -2.11. The molecule has 2 aromatic rings. The summed E-state index contributed by atoms with van der Waals surface area (Å²) in [5.41, 5.74) is 0.1000. The number of carbonyl (C=O) groups excluding carboxylic acids is 2. The maximum Gasteiger partial charge on any atom is 0.277 e. The van der Waals surface area contributed by atoms with Crippen molar-refractivity contribution >= 4 is 17.9 Å². The van der Waals surface area contributed by atoms with Gasteiger partial charge >= 0.3 is 0 Å². The van der Waals surface area contributed by atoms with E-state index in [0.717, 1.165) is 0 Å². The van der Waals surface area contributed by atoms with E-state index in [2.05, 4.69) is 0 Å². The van der Waals surface area contributed by atoms with E-state index >= 15 is 0 Å². The molecule has 0 bridgehead atoms. The lowest BCUT2D eigenvalue weighted by molar-refractivity contribution is -0.384. The highest BCUT2D eigenvalue weighted by atomic mass is 16.6. The van der Waals surface area contributed by atoms with Crippen molar-refractivity contribution in [2.45, 2.75) is 0 Å². The minimum absolute atomic E-state index is 0.0325. The van der Waals surface area contributed by atoms with Crippen LogP contribution in [-0.4, -0.2) is 17.2 Å². The average Bonchev–Trinajstić information content (AvgIpc) is 2.46. The fourth-order valence-corrected chi connectivity index (χ4v) is 1.89. The molecule has 0 fully saturated rings. The SMILES string of the molecule is O=Cc1ccc(-c2c(C(=O)[O-])cccc2[N+](=O)[O-])cc1. The number of benzene rings is 2. The molecule has 100 valence electrons. The Labute approximate surface area is 113 Å². The van der Waals surface area contributed by atoms with Gasteiger partial charge in [-0.3, -0.25) is 14.9 Å². The summed E-state index contributed by atoms with van der Waals surface area (Å²) >= 11 is 0. The zero-order valence-corrected chi connectivity index (χ0v) is 10.1. The first-order chi connectivity index (χ1) is 9.54. The Morgan fingerprint density at radius 2 is 1.75 bits per heavy atom. The predicted molar refractivity (Wildman–Crippen MR) is 68.3 cm³/mol. The van der Waals surface area contributed by atoms with Crippen molar-refractivity contribution in [3.63, 3.8) is 0 Å². The van der Waals surface area contributed by atoms with Gasteiger partial charge in [-0.2, -0.15) is 0 Å². The molecule has 0 N–H and O–H groups in total. The van der Waals surface area contributed by atoms with Crippen LogP contribution in [0, 0.1) is 10.1 Å². The summed E-state index contributed by atoms with van der Waals surface area (Å²) in [6, 6.07) is 9.57. The maximum atomic E-state index is 11.1. The molecular weight excluding hydrogens is 262 g/mol. The molecule has 0 aliphatic rings. The number of carboxylic acid groups (broad SMARTS) is 1. The van der Waals surface area contributed by atoms with Crippen LogP contribution in [0.3, 0.4) is 0 Å². The quantitative estimate of drug-likeness (QED) is 0.475. The highest BCUT2D eigenvalue weighted by Crippen LogP contribution is 2.33. The number of nitro benzene ring substituents is 1. The Morgan fingerprint density at radius 1 is 1.10 bits per heavy atom. The number of aromatic carboxylic acids is 1. The maximum absolute atomic E-state index is 11.1. The predicted octanol–water partition coefficient (Wildman–Crippen LogP) is 1.44. The Morgan fingerprint density at radius 3 is 2.25 bits per heavy atom. The molecule has 0 spiro atoms. The minimum Gasteiger partial charge on any atom is -0.545 e. The second kappa shape index (κ2) is 5.31. The van der Waals surface area contributed by atoms with Crippen LogP contribution in [0.5, 0.6) is 0 Å². The van der Waals surface area contributed by atoms with Gasteiger partial charge < -0.3 is 9.90 Å². The second-order valence-electron chi connectivity index (χ2n) is 3.98. The van der Waals surface area contributed by atoms with Crippen molar-refractivity contribution in [3.8, 4) is 11.1 Å². The molecule has 2 rings (SSSR count). The third-order valence-electron chi connectivity index (χ3n) is 2.79. The molecule has 0 saturated heterocycles. The van der Waals surface area contributed by atoms with Gasteiger partial charge in [-0.15, -0.1) is 0 Å². The fraction of sp³-hybridized carbons (Fsp3) is 0.